The summed E-state index contributed by atoms with van der Waals surface area (Å²) in [6.07, 6.45) is -0.683. The third-order valence-corrected chi connectivity index (χ3v) is 6.39. The van der Waals surface area contributed by atoms with Gasteiger partial charge in [0.2, 0.25) is 11.8 Å². The molecule has 0 radical (unpaired) electrons. The van der Waals surface area contributed by atoms with Gasteiger partial charge >= 0.3 is 6.09 Å². The van der Waals surface area contributed by atoms with Gasteiger partial charge in [0, 0.05) is 18.7 Å². The molecule has 0 fully saturated rings. The van der Waals surface area contributed by atoms with Crippen molar-refractivity contribution >= 4 is 29.8 Å². The largest absolute Gasteiger partial charge is 0.514 e. The number of carbonyl (C=O) groups excluding carboxylic acids is 4. The lowest BCUT2D eigenvalue weighted by molar-refractivity contribution is -0.271. The molecule has 10 heteroatoms. The fourth-order valence-corrected chi connectivity index (χ4v) is 4.67. The van der Waals surface area contributed by atoms with Crippen LogP contribution in [0.5, 0.6) is 5.75 Å². The Morgan fingerprint density at radius 2 is 1.56 bits per heavy atom. The second-order valence-electron chi connectivity index (χ2n) is 12.5. The van der Waals surface area contributed by atoms with Gasteiger partial charge in [-0.25, -0.2) is 4.79 Å². The van der Waals surface area contributed by atoms with Crippen LogP contribution in [0.1, 0.15) is 77.1 Å². The molecule has 2 unspecified atom stereocenters. The molecule has 10 nitrogen and oxygen atoms in total. The second-order valence-corrected chi connectivity index (χ2v) is 12.5. The van der Waals surface area contributed by atoms with Crippen molar-refractivity contribution in [1.82, 2.24) is 10.6 Å². The Hall–Kier alpha value is -4.08. The van der Waals surface area contributed by atoms with Gasteiger partial charge in [-0.15, -0.1) is 0 Å². The molecular formula is C33H46N3O7-. The topological polar surface area (TPSA) is 137 Å². The van der Waals surface area contributed by atoms with E-state index in [-0.39, 0.29) is 18.1 Å². The van der Waals surface area contributed by atoms with E-state index in [2.05, 4.69) is 36.1 Å². The number of benzene rings is 2. The molecule has 236 valence electrons. The number of amides is 3. The number of carbonyl (C=O) groups is 4. The van der Waals surface area contributed by atoms with Crippen LogP contribution < -0.4 is 25.4 Å². The summed E-state index contributed by atoms with van der Waals surface area (Å²) < 4.78 is 10.0. The van der Waals surface area contributed by atoms with Crippen molar-refractivity contribution in [3.8, 4) is 5.75 Å². The van der Waals surface area contributed by atoms with Gasteiger partial charge in [-0.1, -0.05) is 39.0 Å². The molecule has 0 aromatic heterocycles. The van der Waals surface area contributed by atoms with Gasteiger partial charge in [0.1, 0.15) is 17.7 Å². The molecule has 2 atom stereocenters. The molecule has 0 bridgehead atoms. The Balaban J connectivity index is 0.00000151. The molecule has 2 aromatic rings. The van der Waals surface area contributed by atoms with Gasteiger partial charge in [-0.05, 0) is 101 Å². The first-order chi connectivity index (χ1) is 20.0. The number of hydrogen-bond donors (Lipinski definition) is 2. The van der Waals surface area contributed by atoms with E-state index in [1.165, 1.54) is 12.1 Å². The summed E-state index contributed by atoms with van der Waals surface area (Å²) in [6, 6.07) is 8.80. The first-order valence-electron chi connectivity index (χ1n) is 14.7. The Kier molecular flexibility index (Phi) is 12.6. The lowest BCUT2D eigenvalue weighted by atomic mass is 9.95. The lowest BCUT2D eigenvalue weighted by Gasteiger charge is -2.32. The van der Waals surface area contributed by atoms with Crippen LogP contribution in [0, 0.1) is 19.8 Å². The van der Waals surface area contributed by atoms with Gasteiger partial charge in [0.25, 0.3) is 6.16 Å². The number of anilines is 1. The summed E-state index contributed by atoms with van der Waals surface area (Å²) in [5, 5.41) is 16.2. The molecule has 3 amide bonds. The molecule has 43 heavy (non-hydrogen) atoms. The zero-order valence-corrected chi connectivity index (χ0v) is 26.8. The minimum absolute atomic E-state index is 0.0712. The van der Waals surface area contributed by atoms with E-state index in [9.17, 15) is 24.3 Å². The monoisotopic (exact) mass is 596 g/mol. The summed E-state index contributed by atoms with van der Waals surface area (Å²) in [5.74, 6) is 0.124. The first kappa shape index (κ1) is 35.1. The maximum atomic E-state index is 13.5. The zero-order valence-electron chi connectivity index (χ0n) is 26.8. The Bertz CT molecular complexity index is 1270. The molecule has 0 spiro atoms. The van der Waals surface area contributed by atoms with Crippen LogP contribution in [0.4, 0.5) is 15.3 Å². The van der Waals surface area contributed by atoms with Gasteiger partial charge in [0.05, 0.1) is 5.75 Å². The second kappa shape index (κ2) is 15.4. The number of para-hydroxylation sites is 1. The molecule has 0 aliphatic carbocycles. The van der Waals surface area contributed by atoms with Crippen LogP contribution >= 0.6 is 0 Å². The van der Waals surface area contributed by atoms with Crippen molar-refractivity contribution in [3.05, 3.63) is 58.7 Å². The maximum Gasteiger partial charge on any atom is 0.408 e. The quantitative estimate of drug-likeness (QED) is 0.352. The van der Waals surface area contributed by atoms with Crippen LogP contribution in [-0.2, 0) is 27.2 Å². The fraction of sp³-hybridized carbons (Fsp3) is 0.515. The van der Waals surface area contributed by atoms with Gasteiger partial charge < -0.3 is 34.9 Å². The molecule has 1 heterocycles. The van der Waals surface area contributed by atoms with E-state index >= 15 is 0 Å². The first-order valence-corrected chi connectivity index (χ1v) is 14.7. The number of aryl methyl sites for hydroxylation is 3. The average Bonchev–Trinajstić information content (AvgIpc) is 2.87. The zero-order chi connectivity index (χ0) is 32.5. The summed E-state index contributed by atoms with van der Waals surface area (Å²) in [5.41, 5.74) is 3.15. The molecular weight excluding hydrogens is 550 g/mol. The number of alkyl carbamates (subject to hydrolysis) is 1. The van der Waals surface area contributed by atoms with Crippen molar-refractivity contribution < 1.29 is 33.8 Å². The lowest BCUT2D eigenvalue weighted by Crippen LogP contribution is -2.55. The molecule has 2 N–H and O–H groups in total. The van der Waals surface area contributed by atoms with E-state index in [1.54, 1.807) is 46.4 Å². The average molecular weight is 597 g/mol. The Labute approximate surface area is 255 Å². The number of hydrogen-bond acceptors (Lipinski definition) is 7. The molecule has 1 aliphatic rings. The van der Waals surface area contributed by atoms with Crippen LogP contribution in [0.15, 0.2) is 36.4 Å². The van der Waals surface area contributed by atoms with E-state index in [0.29, 0.717) is 23.2 Å². The summed E-state index contributed by atoms with van der Waals surface area (Å²) >= 11 is 0. The smallest absolute Gasteiger partial charge is 0.408 e. The minimum atomic E-state index is -1.68. The van der Waals surface area contributed by atoms with Crippen LogP contribution in [0.2, 0.25) is 0 Å². The summed E-state index contributed by atoms with van der Waals surface area (Å²) in [4.78, 5) is 52.0. The number of fused-ring (bicyclic) bond motifs is 1. The molecule has 2 aromatic carbocycles. The van der Waals surface area contributed by atoms with Crippen molar-refractivity contribution in [2.45, 2.75) is 99.3 Å². The predicted octanol–water partition coefficient (Wildman–Crippen LogP) is 4.61. The predicted molar refractivity (Wildman–Crippen MR) is 164 cm³/mol. The summed E-state index contributed by atoms with van der Waals surface area (Å²) in [6.45, 7) is 17.3. The van der Waals surface area contributed by atoms with E-state index in [1.807, 2.05) is 24.3 Å². The fourth-order valence-electron chi connectivity index (χ4n) is 4.67. The van der Waals surface area contributed by atoms with Crippen LogP contribution in [0.25, 0.3) is 0 Å². The molecule has 0 saturated heterocycles. The number of carboxylic acid groups (broad SMARTS) is 1. The van der Waals surface area contributed by atoms with Crippen molar-refractivity contribution in [3.63, 3.8) is 0 Å². The maximum absolute atomic E-state index is 13.5. The SMILES string of the molecule is CC(C)C.Cc1cc(OC(=O)[O-])cc(C)c1CC(NC(=O)OC(C)(C)C)C(=O)NC(C)C(=O)N1CCCc2ccccc21. The molecule has 3 rings (SSSR count). The highest BCUT2D eigenvalue weighted by atomic mass is 16.7. The minimum Gasteiger partial charge on any atom is -0.514 e. The number of rotatable bonds is 7. The molecule has 0 saturated carbocycles. The highest BCUT2D eigenvalue weighted by molar-refractivity contribution is 6.00. The summed E-state index contributed by atoms with van der Waals surface area (Å²) in [7, 11) is 0. The number of nitrogens with one attached hydrogen (secondary N) is 2. The van der Waals surface area contributed by atoms with E-state index in [4.69, 9.17) is 4.74 Å². The van der Waals surface area contributed by atoms with Gasteiger partial charge in [-0.2, -0.15) is 0 Å². The highest BCUT2D eigenvalue weighted by Crippen LogP contribution is 2.27. The molecule has 1 aliphatic heterocycles. The van der Waals surface area contributed by atoms with Crippen molar-refractivity contribution in [1.29, 1.82) is 0 Å². The van der Waals surface area contributed by atoms with Crippen molar-refractivity contribution in [2.75, 3.05) is 11.4 Å². The highest BCUT2D eigenvalue weighted by Gasteiger charge is 2.31. The Morgan fingerprint density at radius 3 is 2.12 bits per heavy atom. The normalized spacial score (nSPS) is 14.0. The van der Waals surface area contributed by atoms with Crippen LogP contribution in [0.3, 0.4) is 0 Å². The third kappa shape index (κ3) is 11.3. The third-order valence-electron chi connectivity index (χ3n) is 6.39. The van der Waals surface area contributed by atoms with Crippen LogP contribution in [-0.4, -0.2) is 48.3 Å². The van der Waals surface area contributed by atoms with Crippen molar-refractivity contribution in [2.24, 2.45) is 5.92 Å². The standard InChI is InChI=1S/C29H37N3O7.C4H10/c1-17-14-21(38-28(36)37)15-18(2)22(17)16-23(31-27(35)39-29(4,5)6)25(33)30-19(3)26(34)32-13-9-11-20-10-7-8-12-24(20)32;1-4(2)3/h7-8,10,12,14-15,19,23H,9,11,13,16H2,1-6H3,(H,30,33)(H,31,35)(H,36,37);4H,1-3H3/p-1. The van der Waals surface area contributed by atoms with E-state index < -0.39 is 35.8 Å². The van der Waals surface area contributed by atoms with Gasteiger partial charge in [0.15, 0.2) is 0 Å². The van der Waals surface area contributed by atoms with Gasteiger partial charge in [-0.3, -0.25) is 9.59 Å². The number of ether oxygens (including phenoxy) is 2. The van der Waals surface area contributed by atoms with E-state index in [0.717, 1.165) is 30.0 Å². The Morgan fingerprint density at radius 1 is 0.977 bits per heavy atom. The number of nitrogens with zero attached hydrogens (tertiary/aromatic N) is 1.